The molecule has 0 heterocycles. The van der Waals surface area contributed by atoms with Gasteiger partial charge in [-0.15, -0.1) is 0 Å². The van der Waals surface area contributed by atoms with Crippen molar-refractivity contribution in [3.05, 3.63) is 59.7 Å². The predicted octanol–water partition coefficient (Wildman–Crippen LogP) is 3.28. The summed E-state index contributed by atoms with van der Waals surface area (Å²) >= 11 is 0. The van der Waals surface area contributed by atoms with Crippen molar-refractivity contribution >= 4 is 18.0 Å². The number of carbonyl (C=O) groups is 3. The van der Waals surface area contributed by atoms with Crippen LogP contribution >= 0.6 is 0 Å². The number of fused-ring (bicyclic) bond motifs is 3. The molecule has 3 N–H and O–H groups in total. The van der Waals surface area contributed by atoms with Gasteiger partial charge in [-0.2, -0.15) is 0 Å². The molecule has 0 spiro atoms. The summed E-state index contributed by atoms with van der Waals surface area (Å²) in [7, 11) is 0. The van der Waals surface area contributed by atoms with Crippen LogP contribution in [0.5, 0.6) is 0 Å². The highest BCUT2D eigenvalue weighted by atomic mass is 16.5. The number of rotatable bonds is 8. The molecule has 2 atom stereocenters. The van der Waals surface area contributed by atoms with Gasteiger partial charge < -0.3 is 20.5 Å². The molecule has 1 aliphatic carbocycles. The Balaban J connectivity index is 1.54. The minimum Gasteiger partial charge on any atom is -0.480 e. The minimum absolute atomic E-state index is 0.0338. The van der Waals surface area contributed by atoms with Crippen molar-refractivity contribution in [2.24, 2.45) is 0 Å². The summed E-state index contributed by atoms with van der Waals surface area (Å²) in [5.74, 6) is -1.55. The Kier molecular flexibility index (Phi) is 6.72. The molecule has 0 saturated heterocycles. The lowest BCUT2D eigenvalue weighted by Gasteiger charge is -2.18. The fraction of sp³-hybridized carbons (Fsp3) is 0.348. The molecule has 0 aromatic heterocycles. The summed E-state index contributed by atoms with van der Waals surface area (Å²) < 4.78 is 5.46. The fourth-order valence-corrected chi connectivity index (χ4v) is 3.76. The zero-order chi connectivity index (χ0) is 21.7. The summed E-state index contributed by atoms with van der Waals surface area (Å²) in [4.78, 5) is 35.2. The van der Waals surface area contributed by atoms with E-state index in [9.17, 15) is 14.4 Å². The van der Waals surface area contributed by atoms with Crippen molar-refractivity contribution in [1.82, 2.24) is 10.6 Å². The first-order valence-electron chi connectivity index (χ1n) is 10.0. The average Bonchev–Trinajstić information content (AvgIpc) is 3.04. The van der Waals surface area contributed by atoms with E-state index in [1.165, 1.54) is 0 Å². The normalized spacial score (nSPS) is 14.2. The zero-order valence-electron chi connectivity index (χ0n) is 17.1. The van der Waals surface area contributed by atoms with Crippen LogP contribution in [-0.2, 0) is 14.3 Å². The molecule has 158 valence electrons. The van der Waals surface area contributed by atoms with E-state index in [2.05, 4.69) is 22.8 Å². The Morgan fingerprint density at radius 1 is 1.00 bits per heavy atom. The maximum Gasteiger partial charge on any atom is 0.407 e. The van der Waals surface area contributed by atoms with E-state index in [0.29, 0.717) is 0 Å². The number of alkyl carbamates (subject to hydrolysis) is 1. The van der Waals surface area contributed by atoms with Gasteiger partial charge in [0.1, 0.15) is 12.6 Å². The van der Waals surface area contributed by atoms with Gasteiger partial charge in [-0.05, 0) is 35.6 Å². The molecular weight excluding hydrogens is 384 g/mol. The third kappa shape index (κ3) is 4.79. The van der Waals surface area contributed by atoms with Gasteiger partial charge in [-0.25, -0.2) is 9.59 Å². The van der Waals surface area contributed by atoms with Crippen LogP contribution in [0.1, 0.15) is 43.7 Å². The first kappa shape index (κ1) is 21.4. The van der Waals surface area contributed by atoms with Gasteiger partial charge in [-0.1, -0.05) is 55.5 Å². The van der Waals surface area contributed by atoms with Crippen LogP contribution in [0.4, 0.5) is 4.79 Å². The monoisotopic (exact) mass is 410 g/mol. The second-order valence-electron chi connectivity index (χ2n) is 7.44. The molecule has 0 aliphatic heterocycles. The molecule has 1 unspecified atom stereocenters. The summed E-state index contributed by atoms with van der Waals surface area (Å²) in [5.41, 5.74) is 4.54. The number of benzene rings is 2. The fourth-order valence-electron chi connectivity index (χ4n) is 3.76. The maximum atomic E-state index is 12.2. The topological polar surface area (TPSA) is 105 Å². The van der Waals surface area contributed by atoms with E-state index in [1.54, 1.807) is 13.8 Å². The second kappa shape index (κ2) is 9.43. The quantitative estimate of drug-likeness (QED) is 0.619. The summed E-state index contributed by atoms with van der Waals surface area (Å²) in [6.07, 6.45) is -0.356. The maximum absolute atomic E-state index is 12.2. The molecule has 0 saturated carbocycles. The SMILES string of the molecule is CCC(NC(=O)C[C@@H](C)NC(=O)OCC1c2ccccc2-c2ccccc21)C(=O)O. The van der Waals surface area contributed by atoms with E-state index in [1.807, 2.05) is 36.4 Å². The molecule has 0 bridgehead atoms. The molecule has 0 fully saturated rings. The van der Waals surface area contributed by atoms with Crippen LogP contribution in [0.25, 0.3) is 11.1 Å². The van der Waals surface area contributed by atoms with E-state index in [4.69, 9.17) is 9.84 Å². The van der Waals surface area contributed by atoms with Gasteiger partial charge in [0.15, 0.2) is 0 Å². The molecule has 0 radical (unpaired) electrons. The van der Waals surface area contributed by atoms with E-state index in [0.717, 1.165) is 22.3 Å². The van der Waals surface area contributed by atoms with Crippen LogP contribution in [0.2, 0.25) is 0 Å². The Labute approximate surface area is 175 Å². The van der Waals surface area contributed by atoms with E-state index in [-0.39, 0.29) is 25.4 Å². The largest absolute Gasteiger partial charge is 0.480 e. The lowest BCUT2D eigenvalue weighted by molar-refractivity contribution is -0.142. The van der Waals surface area contributed by atoms with Crippen LogP contribution in [-0.4, -0.2) is 41.8 Å². The number of aliphatic carboxylic acids is 1. The lowest BCUT2D eigenvalue weighted by atomic mass is 9.98. The van der Waals surface area contributed by atoms with Crippen molar-refractivity contribution in [3.8, 4) is 11.1 Å². The first-order chi connectivity index (χ1) is 14.4. The van der Waals surface area contributed by atoms with Gasteiger partial charge in [0, 0.05) is 18.4 Å². The number of amides is 2. The Morgan fingerprint density at radius 3 is 2.10 bits per heavy atom. The molecule has 7 nitrogen and oxygen atoms in total. The molecule has 2 aromatic carbocycles. The summed E-state index contributed by atoms with van der Waals surface area (Å²) in [6, 6.07) is 14.7. The number of hydrogen-bond acceptors (Lipinski definition) is 4. The summed E-state index contributed by atoms with van der Waals surface area (Å²) in [6.45, 7) is 3.54. The Hall–Kier alpha value is -3.35. The van der Waals surface area contributed by atoms with Crippen LogP contribution in [0, 0.1) is 0 Å². The van der Waals surface area contributed by atoms with E-state index >= 15 is 0 Å². The van der Waals surface area contributed by atoms with E-state index < -0.39 is 30.1 Å². The van der Waals surface area contributed by atoms with Crippen molar-refractivity contribution in [3.63, 3.8) is 0 Å². The first-order valence-corrected chi connectivity index (χ1v) is 10.0. The van der Waals surface area contributed by atoms with Crippen molar-refractivity contribution in [2.75, 3.05) is 6.61 Å². The number of ether oxygens (including phenoxy) is 1. The van der Waals surface area contributed by atoms with Crippen LogP contribution in [0.3, 0.4) is 0 Å². The average molecular weight is 410 g/mol. The smallest absolute Gasteiger partial charge is 0.407 e. The van der Waals surface area contributed by atoms with Gasteiger partial charge >= 0.3 is 12.1 Å². The molecule has 2 aromatic rings. The highest BCUT2D eigenvalue weighted by Gasteiger charge is 2.29. The molecule has 3 rings (SSSR count). The molecule has 30 heavy (non-hydrogen) atoms. The van der Waals surface area contributed by atoms with Gasteiger partial charge in [0.25, 0.3) is 0 Å². The second-order valence-corrected chi connectivity index (χ2v) is 7.44. The highest BCUT2D eigenvalue weighted by molar-refractivity contribution is 5.84. The summed E-state index contributed by atoms with van der Waals surface area (Å²) in [5, 5.41) is 14.1. The minimum atomic E-state index is -1.08. The Bertz CT molecular complexity index is 897. The molecule has 7 heteroatoms. The molecule has 1 aliphatic rings. The Morgan fingerprint density at radius 2 is 1.57 bits per heavy atom. The standard InChI is InChI=1S/C23H26N2O5/c1-3-20(22(27)28)25-21(26)12-14(2)24-23(29)30-13-19-17-10-6-4-8-15(17)16-9-5-7-11-18(16)19/h4-11,14,19-20H,3,12-13H2,1-2H3,(H,24,29)(H,25,26)(H,27,28)/t14-,20?/m1/s1. The van der Waals surface area contributed by atoms with Crippen molar-refractivity contribution in [2.45, 2.75) is 44.7 Å². The third-order valence-corrected chi connectivity index (χ3v) is 5.24. The zero-order valence-corrected chi connectivity index (χ0v) is 17.1. The number of carboxylic acids is 1. The predicted molar refractivity (Wildman–Crippen MR) is 112 cm³/mol. The lowest BCUT2D eigenvalue weighted by Crippen LogP contribution is -2.43. The number of carbonyl (C=O) groups excluding carboxylic acids is 2. The van der Waals surface area contributed by atoms with Crippen molar-refractivity contribution in [1.29, 1.82) is 0 Å². The highest BCUT2D eigenvalue weighted by Crippen LogP contribution is 2.44. The third-order valence-electron chi connectivity index (χ3n) is 5.24. The van der Waals surface area contributed by atoms with Gasteiger partial charge in [-0.3, -0.25) is 4.79 Å². The molecule has 2 amide bonds. The molecular formula is C23H26N2O5. The number of hydrogen-bond donors (Lipinski definition) is 3. The van der Waals surface area contributed by atoms with Crippen LogP contribution < -0.4 is 10.6 Å². The number of carboxylic acid groups (broad SMARTS) is 1. The number of nitrogens with one attached hydrogen (secondary N) is 2. The van der Waals surface area contributed by atoms with Crippen molar-refractivity contribution < 1.29 is 24.2 Å². The van der Waals surface area contributed by atoms with Crippen LogP contribution in [0.15, 0.2) is 48.5 Å². The van der Waals surface area contributed by atoms with Gasteiger partial charge in [0.05, 0.1) is 0 Å². The van der Waals surface area contributed by atoms with Gasteiger partial charge in [0.2, 0.25) is 5.91 Å².